The molecular weight excluding hydrogens is 327 g/mol. The van der Waals surface area contributed by atoms with E-state index in [1.807, 2.05) is 6.07 Å². The van der Waals surface area contributed by atoms with Gasteiger partial charge in [-0.25, -0.2) is 4.98 Å². The largest absolute Gasteiger partial charge is 0.422 e. The highest BCUT2D eigenvalue weighted by Gasteiger charge is 2.35. The Hall–Kier alpha value is -2.49. The van der Waals surface area contributed by atoms with Crippen molar-refractivity contribution < 1.29 is 4.74 Å². The summed E-state index contributed by atoms with van der Waals surface area (Å²) in [6.07, 6.45) is 1.20. The number of aromatic amines is 1. The number of nitrogens with zero attached hydrogens (tertiary/aromatic N) is 2. The van der Waals surface area contributed by atoms with Crippen LogP contribution in [0.5, 0.6) is 5.88 Å². The molecule has 1 aromatic carbocycles. The molecule has 2 heterocycles. The number of allylic oxidation sites excluding steroid dienone is 1. The van der Waals surface area contributed by atoms with Gasteiger partial charge in [0.2, 0.25) is 11.8 Å². The van der Waals surface area contributed by atoms with Gasteiger partial charge >= 0.3 is 0 Å². The summed E-state index contributed by atoms with van der Waals surface area (Å²) >= 11 is 12.1. The first-order valence-corrected chi connectivity index (χ1v) is 6.88. The number of rotatable bonds is 1. The Morgan fingerprint density at radius 1 is 1.41 bits per heavy atom. The van der Waals surface area contributed by atoms with Crippen molar-refractivity contribution in [2.75, 3.05) is 0 Å². The highest BCUT2D eigenvalue weighted by atomic mass is 35.5. The van der Waals surface area contributed by atoms with Gasteiger partial charge in [-0.1, -0.05) is 29.3 Å². The van der Waals surface area contributed by atoms with Crippen molar-refractivity contribution in [1.29, 1.82) is 5.26 Å². The Morgan fingerprint density at radius 3 is 2.86 bits per heavy atom. The number of ether oxygens (including phenoxy) is 1. The summed E-state index contributed by atoms with van der Waals surface area (Å²) in [6.45, 7) is 0. The minimum Gasteiger partial charge on any atom is -0.422 e. The van der Waals surface area contributed by atoms with Crippen molar-refractivity contribution in [2.24, 2.45) is 5.73 Å². The van der Waals surface area contributed by atoms with Crippen LogP contribution in [0.25, 0.3) is 0 Å². The third kappa shape index (κ3) is 2.21. The normalized spacial score (nSPS) is 16.7. The van der Waals surface area contributed by atoms with Gasteiger partial charge in [0.05, 0.1) is 17.8 Å². The number of nitrogens with one attached hydrogen (secondary N) is 1. The smallest absolute Gasteiger partial charge is 0.258 e. The fourth-order valence-corrected chi connectivity index (χ4v) is 2.86. The average Bonchev–Trinajstić information content (AvgIpc) is 2.46. The van der Waals surface area contributed by atoms with Gasteiger partial charge in [-0.15, -0.1) is 0 Å². The Balaban J connectivity index is 2.33. The molecule has 2 aromatic rings. The predicted octanol–water partition coefficient (Wildman–Crippen LogP) is 2.29. The van der Waals surface area contributed by atoms with Crippen LogP contribution in [0.15, 0.2) is 40.8 Å². The van der Waals surface area contributed by atoms with Gasteiger partial charge in [-0.2, -0.15) is 5.26 Å². The molecule has 22 heavy (non-hydrogen) atoms. The molecule has 8 heteroatoms. The first kappa shape index (κ1) is 14.4. The number of fused-ring (bicyclic) bond motifs is 1. The van der Waals surface area contributed by atoms with E-state index in [1.165, 1.54) is 12.4 Å². The molecule has 0 amide bonds. The van der Waals surface area contributed by atoms with Gasteiger partial charge in [-0.05, 0) is 17.7 Å². The summed E-state index contributed by atoms with van der Waals surface area (Å²) in [4.78, 5) is 18.6. The van der Waals surface area contributed by atoms with Crippen LogP contribution in [-0.4, -0.2) is 9.97 Å². The quantitative estimate of drug-likeness (QED) is 0.832. The van der Waals surface area contributed by atoms with Gasteiger partial charge in [0.25, 0.3) is 5.56 Å². The summed E-state index contributed by atoms with van der Waals surface area (Å²) in [5.74, 6) is -0.823. The SMILES string of the molecule is N#CC1=C(N)Oc2nc[nH]c(=O)c2[C@@H]1c1ccc(Cl)cc1Cl. The second kappa shape index (κ2) is 5.37. The van der Waals surface area contributed by atoms with Crippen LogP contribution in [0.3, 0.4) is 0 Å². The topological polar surface area (TPSA) is 105 Å². The lowest BCUT2D eigenvalue weighted by Crippen LogP contribution is -2.28. The zero-order valence-corrected chi connectivity index (χ0v) is 12.4. The summed E-state index contributed by atoms with van der Waals surface area (Å²) in [6, 6.07) is 6.76. The third-order valence-corrected chi connectivity index (χ3v) is 3.86. The van der Waals surface area contributed by atoms with Crippen LogP contribution < -0.4 is 16.0 Å². The van der Waals surface area contributed by atoms with Crippen molar-refractivity contribution in [2.45, 2.75) is 5.92 Å². The van der Waals surface area contributed by atoms with E-state index in [4.69, 9.17) is 33.7 Å². The van der Waals surface area contributed by atoms with E-state index in [1.54, 1.807) is 12.1 Å². The average molecular weight is 335 g/mol. The highest BCUT2D eigenvalue weighted by molar-refractivity contribution is 6.35. The molecule has 0 saturated heterocycles. The molecule has 0 spiro atoms. The second-order valence-electron chi connectivity index (χ2n) is 4.54. The van der Waals surface area contributed by atoms with Crippen LogP contribution in [0, 0.1) is 11.3 Å². The van der Waals surface area contributed by atoms with Crippen molar-refractivity contribution in [3.05, 3.63) is 67.5 Å². The number of benzene rings is 1. The highest BCUT2D eigenvalue weighted by Crippen LogP contribution is 2.41. The van der Waals surface area contributed by atoms with Crippen molar-refractivity contribution >= 4 is 23.2 Å². The number of halogens is 2. The van der Waals surface area contributed by atoms with Crippen LogP contribution in [0.2, 0.25) is 10.0 Å². The lowest BCUT2D eigenvalue weighted by molar-refractivity contribution is 0.375. The summed E-state index contributed by atoms with van der Waals surface area (Å²) in [5.41, 5.74) is 6.14. The minimum absolute atomic E-state index is 0.0521. The fraction of sp³-hybridized carbons (Fsp3) is 0.0714. The van der Waals surface area contributed by atoms with Crippen LogP contribution in [0.1, 0.15) is 17.0 Å². The van der Waals surface area contributed by atoms with E-state index in [0.29, 0.717) is 15.6 Å². The summed E-state index contributed by atoms with van der Waals surface area (Å²) in [7, 11) is 0. The molecule has 110 valence electrons. The molecule has 1 atom stereocenters. The Kier molecular flexibility index (Phi) is 3.53. The second-order valence-corrected chi connectivity index (χ2v) is 5.38. The first-order chi connectivity index (χ1) is 10.5. The number of H-pyrrole nitrogens is 1. The molecule has 0 aliphatic carbocycles. The molecule has 3 N–H and O–H groups in total. The van der Waals surface area contributed by atoms with E-state index in [9.17, 15) is 10.1 Å². The predicted molar refractivity (Wildman–Crippen MR) is 80.6 cm³/mol. The molecule has 6 nitrogen and oxygen atoms in total. The van der Waals surface area contributed by atoms with Gasteiger partial charge in [0, 0.05) is 10.0 Å². The number of hydrogen-bond acceptors (Lipinski definition) is 5. The number of nitriles is 1. The molecule has 0 radical (unpaired) electrons. The van der Waals surface area contributed by atoms with Crippen LogP contribution in [-0.2, 0) is 0 Å². The number of hydrogen-bond donors (Lipinski definition) is 2. The molecular formula is C14H8Cl2N4O2. The zero-order chi connectivity index (χ0) is 15.9. The van der Waals surface area contributed by atoms with Gasteiger partial charge in [-0.3, -0.25) is 4.79 Å². The third-order valence-electron chi connectivity index (χ3n) is 3.30. The van der Waals surface area contributed by atoms with E-state index in [2.05, 4.69) is 9.97 Å². The van der Waals surface area contributed by atoms with Gasteiger partial charge in [0.1, 0.15) is 11.6 Å². The number of nitrogens with two attached hydrogens (primary N) is 1. The lowest BCUT2D eigenvalue weighted by atomic mass is 9.85. The maximum Gasteiger partial charge on any atom is 0.258 e. The van der Waals surface area contributed by atoms with Crippen LogP contribution >= 0.6 is 23.2 Å². The lowest BCUT2D eigenvalue weighted by Gasteiger charge is -2.24. The molecule has 1 aliphatic rings. The van der Waals surface area contributed by atoms with Gasteiger partial charge in [0.15, 0.2) is 0 Å². The van der Waals surface area contributed by atoms with E-state index < -0.39 is 11.5 Å². The molecule has 0 unspecified atom stereocenters. The first-order valence-electron chi connectivity index (χ1n) is 6.13. The fourth-order valence-electron chi connectivity index (χ4n) is 2.34. The molecule has 3 rings (SSSR count). The van der Waals surface area contributed by atoms with Crippen molar-refractivity contribution in [3.8, 4) is 11.9 Å². The van der Waals surface area contributed by atoms with Crippen LogP contribution in [0.4, 0.5) is 0 Å². The molecule has 0 bridgehead atoms. The Bertz CT molecular complexity index is 898. The van der Waals surface area contributed by atoms with E-state index in [-0.39, 0.29) is 22.9 Å². The number of aromatic nitrogens is 2. The molecule has 0 saturated carbocycles. The maximum absolute atomic E-state index is 12.2. The van der Waals surface area contributed by atoms with Crippen molar-refractivity contribution in [1.82, 2.24) is 9.97 Å². The molecule has 1 aromatic heterocycles. The zero-order valence-electron chi connectivity index (χ0n) is 10.9. The molecule has 1 aliphatic heterocycles. The van der Waals surface area contributed by atoms with E-state index in [0.717, 1.165) is 0 Å². The summed E-state index contributed by atoms with van der Waals surface area (Å²) in [5, 5.41) is 10.1. The monoisotopic (exact) mass is 334 g/mol. The Morgan fingerprint density at radius 2 is 2.18 bits per heavy atom. The molecule has 0 fully saturated rings. The minimum atomic E-state index is -0.768. The standard InChI is InChI=1S/C14H8Cl2N4O2/c15-6-1-2-7(9(16)3-6)10-8(4-17)12(18)22-14-11(10)13(21)19-5-20-14/h1-3,5,10H,18H2,(H,19,20,21)/t10-/m1/s1. The Labute approximate surface area is 134 Å². The maximum atomic E-state index is 12.2. The van der Waals surface area contributed by atoms with Crippen molar-refractivity contribution in [3.63, 3.8) is 0 Å². The van der Waals surface area contributed by atoms with E-state index >= 15 is 0 Å². The van der Waals surface area contributed by atoms with Gasteiger partial charge < -0.3 is 15.5 Å². The summed E-state index contributed by atoms with van der Waals surface area (Å²) < 4.78 is 5.27.